The van der Waals surface area contributed by atoms with E-state index in [1.165, 1.54) is 12.1 Å². The SMILES string of the molecule is CCCCN(C)C(=O)CNS(=O)(=O)c1ccc(C)cc1. The van der Waals surface area contributed by atoms with Crippen molar-refractivity contribution in [3.05, 3.63) is 29.8 Å². The average Bonchev–Trinajstić information content (AvgIpc) is 2.42. The summed E-state index contributed by atoms with van der Waals surface area (Å²) in [6, 6.07) is 6.51. The first-order chi connectivity index (χ1) is 9.36. The maximum Gasteiger partial charge on any atom is 0.241 e. The molecule has 0 bridgehead atoms. The van der Waals surface area contributed by atoms with Gasteiger partial charge in [-0.15, -0.1) is 0 Å². The molecule has 0 saturated carbocycles. The minimum atomic E-state index is -3.62. The Morgan fingerprint density at radius 1 is 1.25 bits per heavy atom. The normalized spacial score (nSPS) is 11.3. The number of sulfonamides is 1. The fourth-order valence-corrected chi connectivity index (χ4v) is 2.59. The smallest absolute Gasteiger partial charge is 0.241 e. The molecule has 0 spiro atoms. The number of hydrogen-bond acceptors (Lipinski definition) is 3. The summed E-state index contributed by atoms with van der Waals surface area (Å²) in [5.74, 6) is -0.228. The van der Waals surface area contributed by atoms with Gasteiger partial charge in [0.05, 0.1) is 11.4 Å². The Morgan fingerprint density at radius 2 is 1.85 bits per heavy atom. The maximum atomic E-state index is 12.0. The number of rotatable bonds is 7. The average molecular weight is 298 g/mol. The molecule has 1 N–H and O–H groups in total. The summed E-state index contributed by atoms with van der Waals surface area (Å²) in [4.78, 5) is 13.5. The van der Waals surface area contributed by atoms with Crippen LogP contribution in [0.15, 0.2) is 29.2 Å². The van der Waals surface area contributed by atoms with Crippen LogP contribution in [0.5, 0.6) is 0 Å². The van der Waals surface area contributed by atoms with Gasteiger partial charge >= 0.3 is 0 Å². The van der Waals surface area contributed by atoms with Crippen molar-refractivity contribution in [1.82, 2.24) is 9.62 Å². The lowest BCUT2D eigenvalue weighted by Crippen LogP contribution is -2.38. The van der Waals surface area contributed by atoms with Crippen LogP contribution in [-0.2, 0) is 14.8 Å². The predicted octanol–water partition coefficient (Wildman–Crippen LogP) is 1.53. The zero-order valence-corrected chi connectivity index (χ0v) is 13.0. The Balaban J connectivity index is 2.59. The molecule has 1 aromatic carbocycles. The van der Waals surface area contributed by atoms with Crippen LogP contribution in [-0.4, -0.2) is 39.4 Å². The van der Waals surface area contributed by atoms with E-state index in [0.717, 1.165) is 18.4 Å². The van der Waals surface area contributed by atoms with Crippen molar-refractivity contribution >= 4 is 15.9 Å². The van der Waals surface area contributed by atoms with Crippen LogP contribution in [0, 0.1) is 6.92 Å². The molecule has 5 nitrogen and oxygen atoms in total. The van der Waals surface area contributed by atoms with Crippen molar-refractivity contribution in [3.8, 4) is 0 Å². The van der Waals surface area contributed by atoms with E-state index in [1.54, 1.807) is 24.1 Å². The highest BCUT2D eigenvalue weighted by Gasteiger charge is 2.16. The van der Waals surface area contributed by atoms with E-state index in [0.29, 0.717) is 6.54 Å². The second-order valence-electron chi connectivity index (χ2n) is 4.81. The number of unbranched alkanes of at least 4 members (excludes halogenated alkanes) is 1. The van der Waals surface area contributed by atoms with Gasteiger partial charge in [0.15, 0.2) is 0 Å². The molecule has 0 heterocycles. The summed E-state index contributed by atoms with van der Waals surface area (Å²) in [5.41, 5.74) is 0.985. The molecule has 1 rings (SSSR count). The monoisotopic (exact) mass is 298 g/mol. The highest BCUT2D eigenvalue weighted by molar-refractivity contribution is 7.89. The van der Waals surface area contributed by atoms with Crippen molar-refractivity contribution in [2.75, 3.05) is 20.1 Å². The summed E-state index contributed by atoms with van der Waals surface area (Å²) in [5, 5.41) is 0. The Labute approximate surface area is 121 Å². The molecule has 0 atom stereocenters. The lowest BCUT2D eigenvalue weighted by Gasteiger charge is -2.17. The molecule has 6 heteroatoms. The number of amides is 1. The lowest BCUT2D eigenvalue weighted by atomic mass is 10.2. The quantitative estimate of drug-likeness (QED) is 0.830. The van der Waals surface area contributed by atoms with E-state index in [9.17, 15) is 13.2 Å². The van der Waals surface area contributed by atoms with Crippen LogP contribution in [0.25, 0.3) is 0 Å². The number of aryl methyl sites for hydroxylation is 1. The molecule has 0 aliphatic heterocycles. The fourth-order valence-electron chi connectivity index (χ4n) is 1.61. The molecule has 0 aliphatic carbocycles. The summed E-state index contributed by atoms with van der Waals surface area (Å²) in [7, 11) is -1.94. The van der Waals surface area contributed by atoms with Crippen LogP contribution in [0.2, 0.25) is 0 Å². The summed E-state index contributed by atoms with van der Waals surface area (Å²) >= 11 is 0. The standard InChI is InChI=1S/C14H22N2O3S/c1-4-5-10-16(3)14(17)11-15-20(18,19)13-8-6-12(2)7-9-13/h6-9,15H,4-5,10-11H2,1-3H3. The third-order valence-electron chi connectivity index (χ3n) is 3.02. The molecule has 0 radical (unpaired) electrons. The topological polar surface area (TPSA) is 66.5 Å². The van der Waals surface area contributed by atoms with Crippen LogP contribution in [0.1, 0.15) is 25.3 Å². The zero-order chi connectivity index (χ0) is 15.2. The van der Waals surface area contributed by atoms with E-state index in [4.69, 9.17) is 0 Å². The van der Waals surface area contributed by atoms with Crippen molar-refractivity contribution in [2.24, 2.45) is 0 Å². The van der Waals surface area contributed by atoms with Crippen LogP contribution < -0.4 is 4.72 Å². The number of nitrogens with one attached hydrogen (secondary N) is 1. The number of likely N-dealkylation sites (N-methyl/N-ethyl adjacent to an activating group) is 1. The van der Waals surface area contributed by atoms with Crippen LogP contribution in [0.3, 0.4) is 0 Å². The minimum absolute atomic E-state index is 0.173. The van der Waals surface area contributed by atoms with Gasteiger partial charge in [-0.25, -0.2) is 13.1 Å². The Hall–Kier alpha value is -1.40. The van der Waals surface area contributed by atoms with Gasteiger partial charge in [0.2, 0.25) is 15.9 Å². The highest BCUT2D eigenvalue weighted by Crippen LogP contribution is 2.09. The van der Waals surface area contributed by atoms with Gasteiger partial charge in [-0.05, 0) is 25.5 Å². The Morgan fingerprint density at radius 3 is 2.40 bits per heavy atom. The first-order valence-electron chi connectivity index (χ1n) is 6.67. The lowest BCUT2D eigenvalue weighted by molar-refractivity contribution is -0.128. The summed E-state index contributed by atoms with van der Waals surface area (Å²) in [6.07, 6.45) is 1.90. The predicted molar refractivity (Wildman–Crippen MR) is 78.9 cm³/mol. The van der Waals surface area contributed by atoms with Gasteiger partial charge in [-0.2, -0.15) is 0 Å². The second kappa shape index (κ2) is 7.40. The van der Waals surface area contributed by atoms with E-state index in [-0.39, 0.29) is 17.3 Å². The number of benzene rings is 1. The van der Waals surface area contributed by atoms with E-state index < -0.39 is 10.0 Å². The molecule has 0 aromatic heterocycles. The third-order valence-corrected chi connectivity index (χ3v) is 4.43. The molecule has 112 valence electrons. The number of carbonyl (C=O) groups excluding carboxylic acids is 1. The van der Waals surface area contributed by atoms with E-state index in [2.05, 4.69) is 4.72 Å². The number of hydrogen-bond donors (Lipinski definition) is 1. The first-order valence-corrected chi connectivity index (χ1v) is 8.15. The van der Waals surface area contributed by atoms with Crippen molar-refractivity contribution in [1.29, 1.82) is 0 Å². The number of carbonyl (C=O) groups is 1. The largest absolute Gasteiger partial charge is 0.345 e. The molecule has 0 saturated heterocycles. The van der Waals surface area contributed by atoms with Gasteiger partial charge in [0.1, 0.15) is 0 Å². The zero-order valence-electron chi connectivity index (χ0n) is 12.2. The molecular weight excluding hydrogens is 276 g/mol. The molecule has 20 heavy (non-hydrogen) atoms. The first kappa shape index (κ1) is 16.7. The Bertz CT molecular complexity index is 538. The van der Waals surface area contributed by atoms with Gasteiger partial charge < -0.3 is 4.90 Å². The molecule has 1 amide bonds. The summed E-state index contributed by atoms with van der Waals surface area (Å²) < 4.78 is 26.3. The highest BCUT2D eigenvalue weighted by atomic mass is 32.2. The molecular formula is C14H22N2O3S. The van der Waals surface area contributed by atoms with Crippen molar-refractivity contribution in [3.63, 3.8) is 0 Å². The fraction of sp³-hybridized carbons (Fsp3) is 0.500. The van der Waals surface area contributed by atoms with Gasteiger partial charge in [0.25, 0.3) is 0 Å². The van der Waals surface area contributed by atoms with Crippen molar-refractivity contribution in [2.45, 2.75) is 31.6 Å². The van der Waals surface area contributed by atoms with Gasteiger partial charge in [0, 0.05) is 13.6 Å². The minimum Gasteiger partial charge on any atom is -0.345 e. The third kappa shape index (κ3) is 4.94. The molecule has 0 fully saturated rings. The van der Waals surface area contributed by atoms with E-state index in [1.807, 2.05) is 13.8 Å². The van der Waals surface area contributed by atoms with E-state index >= 15 is 0 Å². The van der Waals surface area contributed by atoms with Crippen molar-refractivity contribution < 1.29 is 13.2 Å². The Kier molecular flexibility index (Phi) is 6.16. The summed E-state index contributed by atoms with van der Waals surface area (Å²) in [6.45, 7) is 4.35. The number of nitrogens with zero attached hydrogens (tertiary/aromatic N) is 1. The van der Waals surface area contributed by atoms with Gasteiger partial charge in [-0.3, -0.25) is 4.79 Å². The molecule has 0 unspecified atom stereocenters. The molecule has 0 aliphatic rings. The second-order valence-corrected chi connectivity index (χ2v) is 6.57. The van der Waals surface area contributed by atoms with Crippen LogP contribution >= 0.6 is 0 Å². The van der Waals surface area contributed by atoms with Crippen LogP contribution in [0.4, 0.5) is 0 Å². The molecule has 1 aromatic rings. The maximum absolute atomic E-state index is 12.0. The van der Waals surface area contributed by atoms with Gasteiger partial charge in [-0.1, -0.05) is 31.0 Å².